The number of carbonyl (C=O) groups excluding carboxylic acids is 1. The Kier molecular flexibility index (Phi) is 4.59. The standard InChI is InChI=1S/C14H13ClN2O4/c1-9-6-12(16-21-9)14(20)17(8-13(18)19)7-10-4-2-3-5-11(10)15/h2-6H,7-8H2,1H3,(H,18,19). The quantitative estimate of drug-likeness (QED) is 0.916. The van der Waals surface area contributed by atoms with Gasteiger partial charge >= 0.3 is 5.97 Å². The molecule has 2 aromatic rings. The summed E-state index contributed by atoms with van der Waals surface area (Å²) < 4.78 is 4.84. The molecule has 0 saturated carbocycles. The van der Waals surface area contributed by atoms with Crippen molar-refractivity contribution in [2.24, 2.45) is 0 Å². The molecule has 1 aromatic heterocycles. The number of aliphatic carboxylic acids is 1. The fourth-order valence-electron chi connectivity index (χ4n) is 1.82. The van der Waals surface area contributed by atoms with E-state index >= 15 is 0 Å². The number of hydrogen-bond acceptors (Lipinski definition) is 4. The average molecular weight is 309 g/mol. The molecule has 0 aliphatic carbocycles. The van der Waals surface area contributed by atoms with E-state index in [4.69, 9.17) is 21.2 Å². The van der Waals surface area contributed by atoms with E-state index in [0.717, 1.165) is 4.90 Å². The Morgan fingerprint density at radius 2 is 2.10 bits per heavy atom. The molecule has 7 heteroatoms. The van der Waals surface area contributed by atoms with Crippen LogP contribution in [-0.4, -0.2) is 33.6 Å². The number of halogens is 1. The van der Waals surface area contributed by atoms with Gasteiger partial charge in [0.2, 0.25) is 0 Å². The van der Waals surface area contributed by atoms with Crippen LogP contribution >= 0.6 is 11.6 Å². The first-order chi connectivity index (χ1) is 9.97. The number of hydrogen-bond donors (Lipinski definition) is 1. The molecule has 6 nitrogen and oxygen atoms in total. The van der Waals surface area contributed by atoms with E-state index in [0.29, 0.717) is 16.3 Å². The lowest BCUT2D eigenvalue weighted by molar-refractivity contribution is -0.137. The van der Waals surface area contributed by atoms with E-state index in [1.54, 1.807) is 31.2 Å². The van der Waals surface area contributed by atoms with Crippen LogP contribution in [-0.2, 0) is 11.3 Å². The van der Waals surface area contributed by atoms with Gasteiger partial charge in [0, 0.05) is 17.6 Å². The summed E-state index contributed by atoms with van der Waals surface area (Å²) in [6, 6.07) is 8.41. The largest absolute Gasteiger partial charge is 0.480 e. The molecule has 21 heavy (non-hydrogen) atoms. The van der Waals surface area contributed by atoms with E-state index in [1.807, 2.05) is 0 Å². The van der Waals surface area contributed by atoms with E-state index < -0.39 is 18.4 Å². The van der Waals surface area contributed by atoms with Crippen molar-refractivity contribution in [2.45, 2.75) is 13.5 Å². The molecule has 2 rings (SSSR count). The van der Waals surface area contributed by atoms with Crippen molar-refractivity contribution in [3.05, 3.63) is 52.4 Å². The second kappa shape index (κ2) is 6.41. The lowest BCUT2D eigenvalue weighted by Crippen LogP contribution is -2.35. The van der Waals surface area contributed by atoms with E-state index in [1.165, 1.54) is 6.07 Å². The number of carboxylic acid groups (broad SMARTS) is 1. The van der Waals surface area contributed by atoms with Crippen molar-refractivity contribution in [2.75, 3.05) is 6.54 Å². The smallest absolute Gasteiger partial charge is 0.323 e. The molecular formula is C14H13ClN2O4. The normalized spacial score (nSPS) is 10.4. The van der Waals surface area contributed by atoms with Crippen LogP contribution in [0.15, 0.2) is 34.9 Å². The third kappa shape index (κ3) is 3.82. The van der Waals surface area contributed by atoms with Crippen LogP contribution in [0.25, 0.3) is 0 Å². The van der Waals surface area contributed by atoms with Gasteiger partial charge in [0.25, 0.3) is 5.91 Å². The van der Waals surface area contributed by atoms with Gasteiger partial charge in [0.15, 0.2) is 5.69 Å². The molecule has 0 atom stereocenters. The number of rotatable bonds is 5. The number of aryl methyl sites for hydroxylation is 1. The molecule has 0 radical (unpaired) electrons. The number of nitrogens with zero attached hydrogens (tertiary/aromatic N) is 2. The minimum absolute atomic E-state index is 0.0702. The summed E-state index contributed by atoms with van der Waals surface area (Å²) in [6.45, 7) is 1.28. The Hall–Kier alpha value is -2.34. The minimum Gasteiger partial charge on any atom is -0.480 e. The van der Waals surface area contributed by atoms with Gasteiger partial charge in [0.05, 0.1) is 0 Å². The highest BCUT2D eigenvalue weighted by atomic mass is 35.5. The van der Waals surface area contributed by atoms with Crippen LogP contribution in [0.5, 0.6) is 0 Å². The van der Waals surface area contributed by atoms with Gasteiger partial charge in [-0.05, 0) is 18.6 Å². The molecule has 1 aromatic carbocycles. The molecule has 0 unspecified atom stereocenters. The zero-order valence-electron chi connectivity index (χ0n) is 11.2. The Morgan fingerprint density at radius 1 is 1.38 bits per heavy atom. The van der Waals surface area contributed by atoms with E-state index in [-0.39, 0.29) is 12.2 Å². The molecule has 0 bridgehead atoms. The Balaban J connectivity index is 2.24. The maximum atomic E-state index is 12.3. The molecule has 0 fully saturated rings. The highest BCUT2D eigenvalue weighted by molar-refractivity contribution is 6.31. The lowest BCUT2D eigenvalue weighted by atomic mass is 10.2. The van der Waals surface area contributed by atoms with Crippen molar-refractivity contribution in [3.8, 4) is 0 Å². The fraction of sp³-hybridized carbons (Fsp3) is 0.214. The van der Waals surface area contributed by atoms with Crippen molar-refractivity contribution in [1.82, 2.24) is 10.1 Å². The van der Waals surface area contributed by atoms with E-state index in [9.17, 15) is 9.59 Å². The first kappa shape index (κ1) is 15.1. The number of benzene rings is 1. The second-order valence-electron chi connectivity index (χ2n) is 4.47. The van der Waals surface area contributed by atoms with Crippen LogP contribution < -0.4 is 0 Å². The molecule has 0 aliphatic rings. The summed E-state index contributed by atoms with van der Waals surface area (Å²) in [4.78, 5) is 24.4. The van der Waals surface area contributed by atoms with Crippen molar-refractivity contribution < 1.29 is 19.2 Å². The number of carboxylic acids is 1. The summed E-state index contributed by atoms with van der Waals surface area (Å²) in [7, 11) is 0. The maximum Gasteiger partial charge on any atom is 0.323 e. The highest BCUT2D eigenvalue weighted by Gasteiger charge is 2.22. The van der Waals surface area contributed by atoms with Crippen LogP contribution in [0.1, 0.15) is 21.8 Å². The average Bonchev–Trinajstić information content (AvgIpc) is 2.86. The van der Waals surface area contributed by atoms with Gasteiger partial charge < -0.3 is 14.5 Å². The summed E-state index contributed by atoms with van der Waals surface area (Å²) in [5.74, 6) is -1.16. The zero-order valence-corrected chi connectivity index (χ0v) is 12.0. The van der Waals surface area contributed by atoms with Crippen molar-refractivity contribution in [3.63, 3.8) is 0 Å². The lowest BCUT2D eigenvalue weighted by Gasteiger charge is -2.20. The molecule has 0 aliphatic heterocycles. The van der Waals surface area contributed by atoms with Crippen molar-refractivity contribution >= 4 is 23.5 Å². The van der Waals surface area contributed by atoms with Gasteiger partial charge in [-0.3, -0.25) is 9.59 Å². The molecule has 110 valence electrons. The van der Waals surface area contributed by atoms with Gasteiger partial charge in [-0.1, -0.05) is 35.0 Å². The minimum atomic E-state index is -1.12. The van der Waals surface area contributed by atoms with Gasteiger partial charge in [0.1, 0.15) is 12.3 Å². The number of carbonyl (C=O) groups is 2. The molecular weight excluding hydrogens is 296 g/mol. The number of amides is 1. The number of aromatic nitrogens is 1. The van der Waals surface area contributed by atoms with Gasteiger partial charge in [-0.15, -0.1) is 0 Å². The highest BCUT2D eigenvalue weighted by Crippen LogP contribution is 2.18. The third-order valence-corrected chi connectivity index (χ3v) is 3.15. The monoisotopic (exact) mass is 308 g/mol. The van der Waals surface area contributed by atoms with Gasteiger partial charge in [-0.2, -0.15) is 0 Å². The SMILES string of the molecule is Cc1cc(C(=O)N(CC(=O)O)Cc2ccccc2Cl)no1. The predicted molar refractivity (Wildman–Crippen MR) is 75.1 cm³/mol. The first-order valence-corrected chi connectivity index (χ1v) is 6.53. The predicted octanol–water partition coefficient (Wildman–Crippen LogP) is 2.36. The topological polar surface area (TPSA) is 83.6 Å². The Morgan fingerprint density at radius 3 is 2.67 bits per heavy atom. The molecule has 1 heterocycles. The van der Waals surface area contributed by atoms with Crippen LogP contribution in [0, 0.1) is 6.92 Å². The zero-order chi connectivity index (χ0) is 15.4. The molecule has 0 saturated heterocycles. The summed E-state index contributed by atoms with van der Waals surface area (Å²) >= 11 is 6.04. The first-order valence-electron chi connectivity index (χ1n) is 6.15. The molecule has 0 spiro atoms. The van der Waals surface area contributed by atoms with Crippen LogP contribution in [0.2, 0.25) is 5.02 Å². The summed E-state index contributed by atoms with van der Waals surface area (Å²) in [5, 5.41) is 13.0. The molecule has 1 amide bonds. The van der Waals surface area contributed by atoms with Crippen LogP contribution in [0.4, 0.5) is 0 Å². The Bertz CT molecular complexity index is 668. The van der Waals surface area contributed by atoms with Crippen molar-refractivity contribution in [1.29, 1.82) is 0 Å². The summed E-state index contributed by atoms with van der Waals surface area (Å²) in [5.41, 5.74) is 0.731. The fourth-order valence-corrected chi connectivity index (χ4v) is 2.02. The van der Waals surface area contributed by atoms with Crippen LogP contribution in [0.3, 0.4) is 0 Å². The third-order valence-electron chi connectivity index (χ3n) is 2.78. The molecule has 1 N–H and O–H groups in total. The van der Waals surface area contributed by atoms with E-state index in [2.05, 4.69) is 5.16 Å². The Labute approximate surface area is 125 Å². The second-order valence-corrected chi connectivity index (χ2v) is 4.88. The maximum absolute atomic E-state index is 12.3. The van der Waals surface area contributed by atoms with Gasteiger partial charge in [-0.25, -0.2) is 0 Å². The summed E-state index contributed by atoms with van der Waals surface area (Å²) in [6.07, 6.45) is 0.